The number of sulfone groups is 1. The third-order valence-corrected chi connectivity index (χ3v) is 3.58. The molecule has 1 aliphatic carbocycles. The van der Waals surface area contributed by atoms with E-state index < -0.39 is 9.84 Å². The molecule has 0 unspecified atom stereocenters. The molecule has 15 heavy (non-hydrogen) atoms. The molecular formula is C10H14N2O2S. The number of nitrogens with zero attached hydrogens (tertiary/aromatic N) is 1. The van der Waals surface area contributed by atoms with Crippen molar-refractivity contribution in [2.45, 2.75) is 30.3 Å². The Bertz CT molecular complexity index is 478. The third-order valence-electron chi connectivity index (χ3n) is 2.53. The first kappa shape index (κ1) is 10.6. The summed E-state index contributed by atoms with van der Waals surface area (Å²) in [5.41, 5.74) is 6.97. The van der Waals surface area contributed by atoms with Gasteiger partial charge >= 0.3 is 0 Å². The minimum absolute atomic E-state index is 0.148. The van der Waals surface area contributed by atoms with Gasteiger partial charge in [-0.25, -0.2) is 13.4 Å². The van der Waals surface area contributed by atoms with Crippen LogP contribution in [0.15, 0.2) is 17.2 Å². The average molecular weight is 226 g/mol. The molecule has 1 heterocycles. The predicted octanol–water partition coefficient (Wildman–Crippen LogP) is 0.821. The van der Waals surface area contributed by atoms with Crippen LogP contribution in [0.5, 0.6) is 0 Å². The Morgan fingerprint density at radius 1 is 1.47 bits per heavy atom. The van der Waals surface area contributed by atoms with Gasteiger partial charge in [-0.2, -0.15) is 0 Å². The Morgan fingerprint density at radius 3 is 2.60 bits per heavy atom. The molecule has 1 fully saturated rings. The Morgan fingerprint density at radius 2 is 2.13 bits per heavy atom. The highest BCUT2D eigenvalue weighted by Gasteiger charge is 2.26. The van der Waals surface area contributed by atoms with Gasteiger partial charge in [-0.1, -0.05) is 6.07 Å². The smallest absolute Gasteiger partial charge is 0.193 e. The normalized spacial score (nSPS) is 16.7. The summed E-state index contributed by atoms with van der Waals surface area (Å²) in [5, 5.41) is 0.148. The van der Waals surface area contributed by atoms with Crippen LogP contribution < -0.4 is 5.73 Å². The Balaban J connectivity index is 2.52. The van der Waals surface area contributed by atoms with Crippen molar-refractivity contribution >= 4 is 9.84 Å². The lowest BCUT2D eigenvalue weighted by Gasteiger charge is -2.06. The maximum atomic E-state index is 11.5. The van der Waals surface area contributed by atoms with Gasteiger partial charge in [0.2, 0.25) is 0 Å². The molecule has 2 N–H and O–H groups in total. The zero-order valence-corrected chi connectivity index (χ0v) is 9.42. The van der Waals surface area contributed by atoms with E-state index in [4.69, 9.17) is 5.73 Å². The molecule has 1 aromatic rings. The first-order chi connectivity index (χ1) is 7.02. The van der Waals surface area contributed by atoms with Crippen molar-refractivity contribution in [1.82, 2.24) is 4.98 Å². The van der Waals surface area contributed by atoms with Crippen LogP contribution in [0.1, 0.15) is 30.0 Å². The molecule has 0 saturated heterocycles. The summed E-state index contributed by atoms with van der Waals surface area (Å²) in [6, 6.07) is 3.66. The minimum atomic E-state index is -3.26. The number of hydrogen-bond donors (Lipinski definition) is 1. The number of nitrogens with two attached hydrogens (primary N) is 1. The molecule has 4 nitrogen and oxygen atoms in total. The molecule has 0 bridgehead atoms. The molecule has 0 amide bonds. The van der Waals surface area contributed by atoms with Crippen molar-refractivity contribution in [3.63, 3.8) is 0 Å². The second-order valence-corrected chi connectivity index (χ2v) is 5.88. The maximum Gasteiger partial charge on any atom is 0.193 e. The van der Waals surface area contributed by atoms with Crippen molar-refractivity contribution in [3.8, 4) is 0 Å². The second kappa shape index (κ2) is 3.57. The molecule has 1 aliphatic rings. The fraction of sp³-hybridized carbons (Fsp3) is 0.500. The van der Waals surface area contributed by atoms with E-state index in [1.165, 1.54) is 6.26 Å². The third kappa shape index (κ3) is 2.18. The van der Waals surface area contributed by atoms with Crippen molar-refractivity contribution in [2.75, 3.05) is 6.26 Å². The number of rotatable bonds is 3. The molecule has 82 valence electrons. The molecule has 2 rings (SSSR count). The fourth-order valence-electron chi connectivity index (χ4n) is 1.57. The average Bonchev–Trinajstić information content (AvgIpc) is 2.98. The SMILES string of the molecule is CS(=O)(=O)c1nc(C2CC2)ccc1CN. The second-order valence-electron chi connectivity index (χ2n) is 3.95. The number of aromatic nitrogens is 1. The van der Waals surface area contributed by atoms with Crippen LogP contribution in [-0.4, -0.2) is 19.7 Å². The van der Waals surface area contributed by atoms with Gasteiger partial charge < -0.3 is 5.73 Å². The molecule has 1 saturated carbocycles. The summed E-state index contributed by atoms with van der Waals surface area (Å²) in [5.74, 6) is 0.456. The lowest BCUT2D eigenvalue weighted by molar-refractivity contribution is 0.595. The summed E-state index contributed by atoms with van der Waals surface area (Å²) in [6.07, 6.45) is 3.39. The number of hydrogen-bond acceptors (Lipinski definition) is 4. The van der Waals surface area contributed by atoms with Crippen molar-refractivity contribution in [1.29, 1.82) is 0 Å². The van der Waals surface area contributed by atoms with Crippen LogP contribution in [0, 0.1) is 0 Å². The lowest BCUT2D eigenvalue weighted by atomic mass is 10.2. The van der Waals surface area contributed by atoms with E-state index in [0.29, 0.717) is 11.5 Å². The maximum absolute atomic E-state index is 11.5. The van der Waals surface area contributed by atoms with E-state index in [9.17, 15) is 8.42 Å². The summed E-state index contributed by atoms with van der Waals surface area (Å²) < 4.78 is 23.0. The highest BCUT2D eigenvalue weighted by atomic mass is 32.2. The Hall–Kier alpha value is -0.940. The highest BCUT2D eigenvalue weighted by molar-refractivity contribution is 7.90. The van der Waals surface area contributed by atoms with Crippen LogP contribution in [0.2, 0.25) is 0 Å². The lowest BCUT2D eigenvalue weighted by Crippen LogP contribution is -2.10. The van der Waals surface area contributed by atoms with Crippen molar-refractivity contribution < 1.29 is 8.42 Å². The van der Waals surface area contributed by atoms with Crippen LogP contribution >= 0.6 is 0 Å². The molecule has 0 radical (unpaired) electrons. The highest BCUT2D eigenvalue weighted by Crippen LogP contribution is 2.39. The van der Waals surface area contributed by atoms with E-state index in [-0.39, 0.29) is 11.6 Å². The summed E-state index contributed by atoms with van der Waals surface area (Å²) in [7, 11) is -3.26. The molecule has 0 aliphatic heterocycles. The first-order valence-corrected chi connectivity index (χ1v) is 6.81. The molecule has 0 aromatic carbocycles. The van der Waals surface area contributed by atoms with Gasteiger partial charge in [-0.3, -0.25) is 0 Å². The van der Waals surface area contributed by atoms with Gasteiger partial charge in [-0.15, -0.1) is 0 Å². The van der Waals surface area contributed by atoms with Crippen LogP contribution in [0.25, 0.3) is 0 Å². The predicted molar refractivity (Wildman–Crippen MR) is 57.2 cm³/mol. The van der Waals surface area contributed by atoms with E-state index in [1.807, 2.05) is 6.07 Å². The molecular weight excluding hydrogens is 212 g/mol. The zero-order valence-electron chi connectivity index (χ0n) is 8.60. The fourth-order valence-corrected chi connectivity index (χ4v) is 2.47. The molecule has 1 aromatic heterocycles. The van der Waals surface area contributed by atoms with Crippen molar-refractivity contribution in [2.24, 2.45) is 5.73 Å². The van der Waals surface area contributed by atoms with Gasteiger partial charge in [0.05, 0.1) is 0 Å². The molecule has 0 spiro atoms. The van der Waals surface area contributed by atoms with Crippen LogP contribution in [0.4, 0.5) is 0 Å². The van der Waals surface area contributed by atoms with Crippen LogP contribution in [0.3, 0.4) is 0 Å². The zero-order chi connectivity index (χ0) is 11.1. The topological polar surface area (TPSA) is 73.0 Å². The summed E-state index contributed by atoms with van der Waals surface area (Å²) in [4.78, 5) is 4.21. The Kier molecular flexibility index (Phi) is 2.52. The van der Waals surface area contributed by atoms with E-state index in [2.05, 4.69) is 4.98 Å². The summed E-state index contributed by atoms with van der Waals surface area (Å²) >= 11 is 0. The Labute approximate surface area is 89.4 Å². The minimum Gasteiger partial charge on any atom is -0.326 e. The first-order valence-electron chi connectivity index (χ1n) is 4.92. The van der Waals surface area contributed by atoms with Gasteiger partial charge in [-0.05, 0) is 18.9 Å². The number of pyridine rings is 1. The van der Waals surface area contributed by atoms with E-state index in [0.717, 1.165) is 18.5 Å². The van der Waals surface area contributed by atoms with Gasteiger partial charge in [0, 0.05) is 30.0 Å². The van der Waals surface area contributed by atoms with E-state index in [1.54, 1.807) is 6.07 Å². The standard InChI is InChI=1S/C10H14N2O2S/c1-15(13,14)10-8(6-11)4-5-9(12-10)7-2-3-7/h4-5,7H,2-3,6,11H2,1H3. The monoisotopic (exact) mass is 226 g/mol. The van der Waals surface area contributed by atoms with Gasteiger partial charge in [0.25, 0.3) is 0 Å². The quantitative estimate of drug-likeness (QED) is 0.828. The van der Waals surface area contributed by atoms with Gasteiger partial charge in [0.1, 0.15) is 0 Å². The largest absolute Gasteiger partial charge is 0.326 e. The van der Waals surface area contributed by atoms with Gasteiger partial charge in [0.15, 0.2) is 14.9 Å². The van der Waals surface area contributed by atoms with Crippen molar-refractivity contribution in [3.05, 3.63) is 23.4 Å². The van der Waals surface area contributed by atoms with Crippen LogP contribution in [-0.2, 0) is 16.4 Å². The summed E-state index contributed by atoms with van der Waals surface area (Å²) in [6.45, 7) is 0.209. The van der Waals surface area contributed by atoms with E-state index >= 15 is 0 Å². The molecule has 0 atom stereocenters. The molecule has 5 heteroatoms.